The number of rotatable bonds is 6. The maximum atomic E-state index is 13.1. The van der Waals surface area contributed by atoms with Gasteiger partial charge >= 0.3 is 18.0 Å². The van der Waals surface area contributed by atoms with E-state index >= 15 is 0 Å². The molecule has 0 saturated heterocycles. The van der Waals surface area contributed by atoms with Gasteiger partial charge in [0.15, 0.2) is 0 Å². The largest absolute Gasteiger partial charge is 0.463 e. The van der Waals surface area contributed by atoms with E-state index in [9.17, 15) is 26.7 Å². The van der Waals surface area contributed by atoms with Crippen molar-refractivity contribution in [2.75, 3.05) is 20.3 Å². The third-order valence-electron chi connectivity index (χ3n) is 3.22. The van der Waals surface area contributed by atoms with Gasteiger partial charge in [0.1, 0.15) is 0 Å². The number of nitrogens with zero attached hydrogens (tertiary/aromatic N) is 1. The second-order valence-electron chi connectivity index (χ2n) is 4.64. The highest BCUT2D eigenvalue weighted by molar-refractivity contribution is 5.84. The van der Waals surface area contributed by atoms with Crippen molar-refractivity contribution in [3.05, 3.63) is 0 Å². The van der Waals surface area contributed by atoms with Crippen LogP contribution in [0, 0.1) is 5.92 Å². The van der Waals surface area contributed by atoms with E-state index in [0.717, 1.165) is 12.8 Å². The smallest absolute Gasteiger partial charge is 0.383 e. The van der Waals surface area contributed by atoms with E-state index in [1.54, 1.807) is 0 Å². The van der Waals surface area contributed by atoms with Crippen molar-refractivity contribution in [2.45, 2.75) is 37.9 Å². The van der Waals surface area contributed by atoms with Crippen LogP contribution in [-0.2, 0) is 9.53 Å². The third kappa shape index (κ3) is 3.55. The number of hydrogen-bond acceptors (Lipinski definition) is 2. The molecular weight excluding hydrogens is 273 g/mol. The molecule has 1 rings (SSSR count). The molecule has 3 nitrogen and oxygen atoms in total. The zero-order chi connectivity index (χ0) is 14.8. The van der Waals surface area contributed by atoms with Crippen LogP contribution >= 0.6 is 0 Å². The Kier molecular flexibility index (Phi) is 4.76. The van der Waals surface area contributed by atoms with Crippen LogP contribution in [0.15, 0.2) is 0 Å². The van der Waals surface area contributed by atoms with Crippen molar-refractivity contribution in [2.24, 2.45) is 5.92 Å². The predicted molar refractivity (Wildman–Crippen MR) is 56.8 cm³/mol. The van der Waals surface area contributed by atoms with E-state index in [0.29, 0.717) is 4.90 Å². The predicted octanol–water partition coefficient (Wildman–Crippen LogP) is 2.46. The van der Waals surface area contributed by atoms with Gasteiger partial charge in [-0.25, -0.2) is 0 Å². The number of halogens is 5. The van der Waals surface area contributed by atoms with Crippen LogP contribution in [0.2, 0.25) is 0 Å². The fourth-order valence-corrected chi connectivity index (χ4v) is 1.81. The summed E-state index contributed by atoms with van der Waals surface area (Å²) in [5.41, 5.74) is 0. The van der Waals surface area contributed by atoms with Gasteiger partial charge in [-0.05, 0) is 25.7 Å². The zero-order valence-corrected chi connectivity index (χ0v) is 10.6. The topological polar surface area (TPSA) is 29.5 Å². The molecule has 0 bridgehead atoms. The normalized spacial score (nSPS) is 18.3. The Bertz CT molecular complexity index is 328. The first kappa shape index (κ1) is 16.1. The summed E-state index contributed by atoms with van der Waals surface area (Å²) in [6, 6.07) is -0.643. The van der Waals surface area contributed by atoms with Crippen LogP contribution in [0.4, 0.5) is 22.0 Å². The molecule has 8 heteroatoms. The summed E-state index contributed by atoms with van der Waals surface area (Å²) in [7, 11) is 1.28. The van der Waals surface area contributed by atoms with E-state index < -0.39 is 24.0 Å². The van der Waals surface area contributed by atoms with Crippen LogP contribution in [0.25, 0.3) is 0 Å². The first-order chi connectivity index (χ1) is 8.63. The maximum absolute atomic E-state index is 13.1. The molecule has 1 saturated carbocycles. The SMILES string of the molecule is COCCN(C(=O)C(F)(F)C(F)(F)F)C(C)C1CC1. The first-order valence-corrected chi connectivity index (χ1v) is 5.87. The Hall–Kier alpha value is -0.920. The van der Waals surface area contributed by atoms with Gasteiger partial charge in [-0.3, -0.25) is 4.79 Å². The summed E-state index contributed by atoms with van der Waals surface area (Å²) in [4.78, 5) is 12.1. The number of hydrogen-bond donors (Lipinski definition) is 0. The summed E-state index contributed by atoms with van der Waals surface area (Å²) in [5, 5.41) is 0. The fraction of sp³-hybridized carbons (Fsp3) is 0.909. The maximum Gasteiger partial charge on any atom is 0.463 e. The highest BCUT2D eigenvalue weighted by atomic mass is 19.4. The first-order valence-electron chi connectivity index (χ1n) is 5.87. The van der Waals surface area contributed by atoms with Gasteiger partial charge in [0.05, 0.1) is 6.61 Å². The van der Waals surface area contributed by atoms with E-state index in [1.165, 1.54) is 14.0 Å². The minimum absolute atomic E-state index is 0.00941. The van der Waals surface area contributed by atoms with Crippen molar-refractivity contribution in [3.8, 4) is 0 Å². The van der Waals surface area contributed by atoms with E-state index in [1.807, 2.05) is 0 Å². The monoisotopic (exact) mass is 289 g/mol. The number of methoxy groups -OCH3 is 1. The van der Waals surface area contributed by atoms with Crippen molar-refractivity contribution in [1.82, 2.24) is 4.90 Å². The molecule has 0 spiro atoms. The minimum Gasteiger partial charge on any atom is -0.383 e. The number of carbonyl (C=O) groups excluding carboxylic acids is 1. The van der Waals surface area contributed by atoms with Crippen LogP contribution in [0.1, 0.15) is 19.8 Å². The molecule has 1 amide bonds. The van der Waals surface area contributed by atoms with Gasteiger partial charge in [0.2, 0.25) is 0 Å². The Morgan fingerprint density at radius 3 is 2.21 bits per heavy atom. The molecule has 0 aromatic carbocycles. The lowest BCUT2D eigenvalue weighted by molar-refractivity contribution is -0.275. The van der Waals surface area contributed by atoms with E-state index in [2.05, 4.69) is 4.74 Å². The quantitative estimate of drug-likeness (QED) is 0.703. The molecule has 0 aromatic heterocycles. The van der Waals surface area contributed by atoms with Gasteiger partial charge in [0.25, 0.3) is 0 Å². The van der Waals surface area contributed by atoms with E-state index in [4.69, 9.17) is 0 Å². The van der Waals surface area contributed by atoms with E-state index in [-0.39, 0.29) is 19.1 Å². The Morgan fingerprint density at radius 1 is 1.32 bits per heavy atom. The second kappa shape index (κ2) is 5.60. The minimum atomic E-state index is -5.88. The molecule has 1 atom stereocenters. The Balaban J connectivity index is 2.86. The molecule has 0 aliphatic heterocycles. The zero-order valence-electron chi connectivity index (χ0n) is 10.6. The van der Waals surface area contributed by atoms with Crippen molar-refractivity contribution >= 4 is 5.91 Å². The van der Waals surface area contributed by atoms with Crippen LogP contribution in [-0.4, -0.2) is 49.2 Å². The molecule has 112 valence electrons. The Morgan fingerprint density at radius 2 is 1.84 bits per heavy atom. The fourth-order valence-electron chi connectivity index (χ4n) is 1.81. The number of amides is 1. The molecule has 0 heterocycles. The number of carbonyl (C=O) groups is 1. The average molecular weight is 289 g/mol. The highest BCUT2D eigenvalue weighted by Crippen LogP contribution is 2.40. The van der Waals surface area contributed by atoms with Gasteiger partial charge in [0, 0.05) is 19.7 Å². The third-order valence-corrected chi connectivity index (χ3v) is 3.22. The van der Waals surface area contributed by atoms with Crippen LogP contribution in [0.3, 0.4) is 0 Å². The standard InChI is InChI=1S/C11H16F5NO2/c1-7(8-3-4-8)17(5-6-19-2)9(18)10(12,13)11(14,15)16/h7-8H,3-6H2,1-2H3. The second-order valence-corrected chi connectivity index (χ2v) is 4.64. The van der Waals surface area contributed by atoms with Crippen molar-refractivity contribution in [3.63, 3.8) is 0 Å². The molecule has 1 aliphatic carbocycles. The lowest BCUT2D eigenvalue weighted by Gasteiger charge is -2.32. The number of alkyl halides is 5. The molecule has 19 heavy (non-hydrogen) atoms. The van der Waals surface area contributed by atoms with Gasteiger partial charge in [-0.15, -0.1) is 0 Å². The molecule has 1 unspecified atom stereocenters. The van der Waals surface area contributed by atoms with Crippen molar-refractivity contribution in [1.29, 1.82) is 0 Å². The lowest BCUT2D eigenvalue weighted by atomic mass is 10.1. The van der Waals surface area contributed by atoms with Gasteiger partial charge < -0.3 is 9.64 Å². The summed E-state index contributed by atoms with van der Waals surface area (Å²) < 4.78 is 67.5. The summed E-state index contributed by atoms with van der Waals surface area (Å²) >= 11 is 0. The molecule has 0 N–H and O–H groups in total. The van der Waals surface area contributed by atoms with Crippen LogP contribution in [0.5, 0.6) is 0 Å². The lowest BCUT2D eigenvalue weighted by Crippen LogP contribution is -2.55. The molecule has 1 aliphatic rings. The summed E-state index contributed by atoms with van der Waals surface area (Å²) in [6.07, 6.45) is -4.41. The van der Waals surface area contributed by atoms with Crippen LogP contribution < -0.4 is 0 Å². The van der Waals surface area contributed by atoms with Gasteiger partial charge in [-0.2, -0.15) is 22.0 Å². The molecule has 0 radical (unpaired) electrons. The summed E-state index contributed by atoms with van der Waals surface area (Å²) in [6.45, 7) is 1.12. The summed E-state index contributed by atoms with van der Waals surface area (Å²) in [5.74, 6) is -7.56. The average Bonchev–Trinajstić information content (AvgIpc) is 3.11. The Labute approximate surface area is 107 Å². The highest BCUT2D eigenvalue weighted by Gasteiger charge is 2.65. The molecule has 0 aromatic rings. The molecule has 1 fully saturated rings. The van der Waals surface area contributed by atoms with Gasteiger partial charge in [-0.1, -0.05) is 0 Å². The molecular formula is C11H16F5NO2. The van der Waals surface area contributed by atoms with Crippen molar-refractivity contribution < 1.29 is 31.5 Å². The number of ether oxygens (including phenoxy) is 1.